The summed E-state index contributed by atoms with van der Waals surface area (Å²) in [5.41, 5.74) is 4.64. The number of H-pyrrole nitrogens is 1. The normalized spacial score (nSPS) is 13.6. The van der Waals surface area contributed by atoms with Crippen LogP contribution in [-0.4, -0.2) is 10.9 Å². The highest BCUT2D eigenvalue weighted by Crippen LogP contribution is 2.22. The van der Waals surface area contributed by atoms with Crippen LogP contribution in [0.5, 0.6) is 0 Å². The lowest BCUT2D eigenvalue weighted by Gasteiger charge is -2.19. The van der Waals surface area contributed by atoms with Gasteiger partial charge in [-0.05, 0) is 54.0 Å². The minimum atomic E-state index is -0.157. The van der Waals surface area contributed by atoms with E-state index in [9.17, 15) is 9.59 Å². The monoisotopic (exact) mass is 324 g/mol. The first-order valence-electron chi connectivity index (χ1n) is 8.47. The Bertz CT molecular complexity index is 811. The molecule has 0 saturated carbocycles. The van der Waals surface area contributed by atoms with Crippen LogP contribution in [0.4, 0.5) is 0 Å². The highest BCUT2D eigenvalue weighted by Gasteiger charge is 2.16. The van der Waals surface area contributed by atoms with Gasteiger partial charge in [-0.1, -0.05) is 32.9 Å². The van der Waals surface area contributed by atoms with Gasteiger partial charge in [-0.15, -0.1) is 0 Å². The Hall–Kier alpha value is -2.36. The van der Waals surface area contributed by atoms with Gasteiger partial charge in [-0.2, -0.15) is 0 Å². The molecule has 0 aliphatic heterocycles. The van der Waals surface area contributed by atoms with Crippen LogP contribution in [0.3, 0.4) is 0 Å². The smallest absolute Gasteiger partial charge is 0.253 e. The molecular formula is C20H24N2O2. The standard InChI is InChI=1S/C20H24N2O2/c1-20(2,3)16-9-7-13(8-10-16)18(23)21-12-15-11-14-5-4-6-17(14)22-19(15)24/h7-11H,4-6,12H2,1-3H3,(H,21,23)(H,22,24). The third-order valence-electron chi connectivity index (χ3n) is 4.62. The Morgan fingerprint density at radius 1 is 1.17 bits per heavy atom. The van der Waals surface area contributed by atoms with Crippen molar-refractivity contribution in [1.29, 1.82) is 0 Å². The molecule has 0 fully saturated rings. The van der Waals surface area contributed by atoms with E-state index in [1.165, 1.54) is 11.1 Å². The average molecular weight is 324 g/mol. The molecule has 4 heteroatoms. The number of aryl methyl sites for hydroxylation is 2. The van der Waals surface area contributed by atoms with Crippen LogP contribution in [0.15, 0.2) is 35.1 Å². The molecule has 0 bridgehead atoms. The van der Waals surface area contributed by atoms with E-state index in [4.69, 9.17) is 0 Å². The fourth-order valence-corrected chi connectivity index (χ4v) is 3.09. The summed E-state index contributed by atoms with van der Waals surface area (Å²) in [6.45, 7) is 6.68. The van der Waals surface area contributed by atoms with E-state index < -0.39 is 0 Å². The molecule has 0 atom stereocenters. The second kappa shape index (κ2) is 6.27. The number of pyridine rings is 1. The molecule has 1 aromatic carbocycles. The van der Waals surface area contributed by atoms with Gasteiger partial charge in [0.15, 0.2) is 0 Å². The number of benzene rings is 1. The van der Waals surface area contributed by atoms with Gasteiger partial charge in [0.05, 0.1) is 0 Å². The fraction of sp³-hybridized carbons (Fsp3) is 0.400. The second-order valence-electron chi connectivity index (χ2n) is 7.49. The zero-order valence-electron chi connectivity index (χ0n) is 14.5. The van der Waals surface area contributed by atoms with Crippen LogP contribution >= 0.6 is 0 Å². The van der Waals surface area contributed by atoms with E-state index in [1.807, 2.05) is 30.3 Å². The molecule has 0 unspecified atom stereocenters. The lowest BCUT2D eigenvalue weighted by Crippen LogP contribution is -2.27. The van der Waals surface area contributed by atoms with Gasteiger partial charge in [-0.3, -0.25) is 9.59 Å². The molecule has 3 rings (SSSR count). The summed E-state index contributed by atoms with van der Waals surface area (Å²) in [4.78, 5) is 27.3. The number of hydrogen-bond acceptors (Lipinski definition) is 2. The van der Waals surface area contributed by atoms with Crippen LogP contribution in [0.1, 0.15) is 59.9 Å². The summed E-state index contributed by atoms with van der Waals surface area (Å²) in [5.74, 6) is -0.157. The maximum Gasteiger partial charge on any atom is 0.253 e. The van der Waals surface area contributed by atoms with Crippen LogP contribution in [-0.2, 0) is 24.8 Å². The van der Waals surface area contributed by atoms with Gasteiger partial charge in [-0.25, -0.2) is 0 Å². The van der Waals surface area contributed by atoms with E-state index in [0.29, 0.717) is 11.1 Å². The molecule has 1 heterocycles. The van der Waals surface area contributed by atoms with Crippen molar-refractivity contribution in [1.82, 2.24) is 10.3 Å². The highest BCUT2D eigenvalue weighted by atomic mass is 16.1. The number of aromatic amines is 1. The molecule has 2 N–H and O–H groups in total. The Balaban J connectivity index is 1.69. The minimum absolute atomic E-state index is 0.0622. The van der Waals surface area contributed by atoms with Gasteiger partial charge in [0.25, 0.3) is 11.5 Å². The molecule has 0 radical (unpaired) electrons. The molecule has 1 aliphatic rings. The average Bonchev–Trinajstić information content (AvgIpc) is 2.98. The number of rotatable bonds is 3. The number of amides is 1. The van der Waals surface area contributed by atoms with E-state index in [1.54, 1.807) is 0 Å². The molecule has 1 amide bonds. The first kappa shape index (κ1) is 16.5. The predicted octanol–water partition coefficient (Wildman–Crippen LogP) is 3.09. The Labute approximate surface area is 142 Å². The zero-order chi connectivity index (χ0) is 17.3. The topological polar surface area (TPSA) is 62.0 Å². The molecule has 2 aromatic rings. The van der Waals surface area contributed by atoms with Gasteiger partial charge in [0.1, 0.15) is 0 Å². The number of nitrogens with one attached hydrogen (secondary N) is 2. The number of fused-ring (bicyclic) bond motifs is 1. The summed E-state index contributed by atoms with van der Waals surface area (Å²) >= 11 is 0. The van der Waals surface area contributed by atoms with E-state index in [2.05, 4.69) is 31.1 Å². The number of aromatic nitrogens is 1. The number of hydrogen-bond donors (Lipinski definition) is 2. The van der Waals surface area contributed by atoms with Crippen molar-refractivity contribution in [2.75, 3.05) is 0 Å². The van der Waals surface area contributed by atoms with E-state index >= 15 is 0 Å². The molecule has 126 valence electrons. The van der Waals surface area contributed by atoms with Crippen molar-refractivity contribution in [3.05, 3.63) is 68.6 Å². The number of carbonyl (C=O) groups is 1. The molecule has 1 aromatic heterocycles. The molecule has 24 heavy (non-hydrogen) atoms. The fourth-order valence-electron chi connectivity index (χ4n) is 3.09. The zero-order valence-corrected chi connectivity index (χ0v) is 14.5. The number of carbonyl (C=O) groups excluding carboxylic acids is 1. The largest absolute Gasteiger partial charge is 0.348 e. The van der Waals surface area contributed by atoms with Crippen molar-refractivity contribution < 1.29 is 4.79 Å². The summed E-state index contributed by atoms with van der Waals surface area (Å²) in [5, 5.41) is 2.85. The third kappa shape index (κ3) is 3.42. The Morgan fingerprint density at radius 2 is 1.88 bits per heavy atom. The predicted molar refractivity (Wildman–Crippen MR) is 95.4 cm³/mol. The Kier molecular flexibility index (Phi) is 4.31. The van der Waals surface area contributed by atoms with Crippen molar-refractivity contribution in [2.45, 2.75) is 52.0 Å². The third-order valence-corrected chi connectivity index (χ3v) is 4.62. The highest BCUT2D eigenvalue weighted by molar-refractivity contribution is 5.94. The van der Waals surface area contributed by atoms with Gasteiger partial charge in [0.2, 0.25) is 0 Å². The second-order valence-corrected chi connectivity index (χ2v) is 7.49. The van der Waals surface area contributed by atoms with E-state index in [0.717, 1.165) is 25.0 Å². The quantitative estimate of drug-likeness (QED) is 0.911. The Morgan fingerprint density at radius 3 is 2.54 bits per heavy atom. The molecule has 0 spiro atoms. The maximum atomic E-state index is 12.3. The van der Waals surface area contributed by atoms with Crippen LogP contribution in [0.2, 0.25) is 0 Å². The van der Waals surface area contributed by atoms with Gasteiger partial charge in [0, 0.05) is 23.4 Å². The summed E-state index contributed by atoms with van der Waals surface area (Å²) in [7, 11) is 0. The minimum Gasteiger partial charge on any atom is -0.348 e. The van der Waals surface area contributed by atoms with Crippen LogP contribution in [0, 0.1) is 0 Å². The van der Waals surface area contributed by atoms with E-state index in [-0.39, 0.29) is 23.4 Å². The lowest BCUT2D eigenvalue weighted by molar-refractivity contribution is 0.0950. The molecule has 4 nitrogen and oxygen atoms in total. The molecule has 0 saturated heterocycles. The van der Waals surface area contributed by atoms with Crippen molar-refractivity contribution >= 4 is 5.91 Å². The first-order valence-corrected chi connectivity index (χ1v) is 8.47. The van der Waals surface area contributed by atoms with Crippen LogP contribution in [0.25, 0.3) is 0 Å². The summed E-state index contributed by atoms with van der Waals surface area (Å²) in [6.07, 6.45) is 3.03. The van der Waals surface area contributed by atoms with Gasteiger partial charge >= 0.3 is 0 Å². The van der Waals surface area contributed by atoms with Gasteiger partial charge < -0.3 is 10.3 Å². The molecular weight excluding hydrogens is 300 g/mol. The lowest BCUT2D eigenvalue weighted by atomic mass is 9.87. The van der Waals surface area contributed by atoms with Crippen LogP contribution < -0.4 is 10.9 Å². The summed E-state index contributed by atoms with van der Waals surface area (Å²) < 4.78 is 0. The van der Waals surface area contributed by atoms with Crippen molar-refractivity contribution in [3.63, 3.8) is 0 Å². The first-order chi connectivity index (χ1) is 11.3. The van der Waals surface area contributed by atoms with Crippen molar-refractivity contribution in [2.24, 2.45) is 0 Å². The SMILES string of the molecule is CC(C)(C)c1ccc(C(=O)NCc2cc3c([nH]c2=O)CCC3)cc1. The maximum absolute atomic E-state index is 12.3. The van der Waals surface area contributed by atoms with Crippen molar-refractivity contribution in [3.8, 4) is 0 Å². The molecule has 1 aliphatic carbocycles. The summed E-state index contributed by atoms with van der Waals surface area (Å²) in [6, 6.07) is 9.57.